The maximum absolute atomic E-state index is 13.8. The van der Waals surface area contributed by atoms with Crippen molar-refractivity contribution in [3.63, 3.8) is 0 Å². The van der Waals surface area contributed by atoms with E-state index in [0.717, 1.165) is 0 Å². The maximum Gasteiger partial charge on any atom is 0.338 e. The minimum absolute atomic E-state index is 0.146. The Balaban J connectivity index is 1.83. The second-order valence-corrected chi connectivity index (χ2v) is 10.3. The third kappa shape index (κ3) is 4.56. The van der Waals surface area contributed by atoms with Gasteiger partial charge in [0.05, 0.1) is 32.9 Å². The van der Waals surface area contributed by atoms with Gasteiger partial charge in [-0.25, -0.2) is 14.2 Å². The number of esters is 1. The van der Waals surface area contributed by atoms with Crippen molar-refractivity contribution < 1.29 is 18.3 Å². The largest absolute Gasteiger partial charge is 0.463 e. The van der Waals surface area contributed by atoms with Crippen molar-refractivity contribution in [3.05, 3.63) is 118 Å². The predicted octanol–water partition coefficient (Wildman–Crippen LogP) is 5.19. The van der Waals surface area contributed by atoms with Crippen molar-refractivity contribution in [2.24, 2.45) is 4.99 Å². The number of furan rings is 1. The van der Waals surface area contributed by atoms with Crippen molar-refractivity contribution in [1.29, 1.82) is 0 Å². The Morgan fingerprint density at radius 2 is 1.92 bits per heavy atom. The van der Waals surface area contributed by atoms with Crippen LogP contribution in [0.3, 0.4) is 0 Å². The molecule has 0 amide bonds. The fourth-order valence-corrected chi connectivity index (χ4v) is 5.55. The van der Waals surface area contributed by atoms with Crippen LogP contribution in [0.15, 0.2) is 89.6 Å². The minimum atomic E-state index is -0.867. The Morgan fingerprint density at radius 1 is 1.19 bits per heavy atom. The molecular formula is C26H17Br2FN2O4S. The SMILES string of the molecule is CCOC(=O)C1=C(c2ccccc2)N=c2sc(=Cc3cc(Br)c(Br)o3)c(=O)n2[C@@H]1c1ccc(F)cc1. The Kier molecular flexibility index (Phi) is 6.92. The standard InChI is InChI=1S/C26H17Br2FN2O4S/c1-2-34-25(33)20-21(14-6-4-3-5-7-14)30-26-31(22(20)15-8-10-16(29)11-9-15)24(32)19(36-26)13-17-12-18(27)23(28)35-17/h3-13,22H,2H2,1H3/t22-/m1/s1. The maximum atomic E-state index is 13.8. The number of ether oxygens (including phenoxy) is 1. The molecule has 2 aromatic heterocycles. The average molecular weight is 632 g/mol. The normalized spacial score (nSPS) is 15.6. The number of thiazole rings is 1. The van der Waals surface area contributed by atoms with Gasteiger partial charge in [0.2, 0.25) is 0 Å². The van der Waals surface area contributed by atoms with Crippen LogP contribution in [0.5, 0.6) is 0 Å². The van der Waals surface area contributed by atoms with Gasteiger partial charge in [0.25, 0.3) is 5.56 Å². The third-order valence-corrected chi connectivity index (χ3v) is 8.19. The number of carbonyl (C=O) groups is 1. The summed E-state index contributed by atoms with van der Waals surface area (Å²) in [6, 6.07) is 15.8. The molecule has 10 heteroatoms. The molecule has 4 aromatic rings. The number of halogens is 3. The summed E-state index contributed by atoms with van der Waals surface area (Å²) in [4.78, 5) is 32.2. The summed E-state index contributed by atoms with van der Waals surface area (Å²) in [6.45, 7) is 1.86. The van der Waals surface area contributed by atoms with Gasteiger partial charge < -0.3 is 9.15 Å². The molecule has 0 bridgehead atoms. The highest BCUT2D eigenvalue weighted by Gasteiger charge is 2.35. The summed E-state index contributed by atoms with van der Waals surface area (Å²) in [5.74, 6) is -0.557. The number of carbonyl (C=O) groups excluding carboxylic acids is 1. The summed E-state index contributed by atoms with van der Waals surface area (Å²) in [5.41, 5.74) is 1.51. The van der Waals surface area contributed by atoms with Gasteiger partial charge in [-0.05, 0) is 62.5 Å². The summed E-state index contributed by atoms with van der Waals surface area (Å²) >= 11 is 7.85. The fourth-order valence-electron chi connectivity index (χ4n) is 3.96. The monoisotopic (exact) mass is 630 g/mol. The zero-order valence-corrected chi connectivity index (χ0v) is 22.7. The lowest BCUT2D eigenvalue weighted by atomic mass is 9.93. The van der Waals surface area contributed by atoms with E-state index in [1.54, 1.807) is 31.2 Å². The van der Waals surface area contributed by atoms with Crippen LogP contribution in [0.2, 0.25) is 0 Å². The smallest absolute Gasteiger partial charge is 0.338 e. The molecule has 0 saturated carbocycles. The van der Waals surface area contributed by atoms with E-state index in [-0.39, 0.29) is 17.7 Å². The molecule has 0 unspecified atom stereocenters. The van der Waals surface area contributed by atoms with Crippen molar-refractivity contribution in [2.75, 3.05) is 6.61 Å². The second-order valence-electron chi connectivity index (χ2n) is 7.75. The summed E-state index contributed by atoms with van der Waals surface area (Å²) in [5, 5.41) is 0. The van der Waals surface area contributed by atoms with E-state index < -0.39 is 17.8 Å². The highest BCUT2D eigenvalue weighted by Crippen LogP contribution is 2.35. The van der Waals surface area contributed by atoms with Gasteiger partial charge in [0.1, 0.15) is 11.6 Å². The number of hydrogen-bond acceptors (Lipinski definition) is 6. The molecule has 182 valence electrons. The molecule has 0 N–H and O–H groups in total. The number of hydrogen-bond donors (Lipinski definition) is 0. The van der Waals surface area contributed by atoms with Crippen LogP contribution in [-0.4, -0.2) is 17.1 Å². The van der Waals surface area contributed by atoms with Gasteiger partial charge in [-0.1, -0.05) is 53.8 Å². The van der Waals surface area contributed by atoms with Crippen molar-refractivity contribution >= 4 is 60.9 Å². The third-order valence-electron chi connectivity index (χ3n) is 5.50. The Hall–Kier alpha value is -3.08. The summed E-state index contributed by atoms with van der Waals surface area (Å²) in [6.07, 6.45) is 1.62. The average Bonchev–Trinajstić information content (AvgIpc) is 3.36. The van der Waals surface area contributed by atoms with Crippen LogP contribution in [0.1, 0.15) is 29.9 Å². The van der Waals surface area contributed by atoms with Gasteiger partial charge in [0, 0.05) is 11.6 Å². The first-order chi connectivity index (χ1) is 17.4. The highest BCUT2D eigenvalue weighted by atomic mass is 79.9. The van der Waals surface area contributed by atoms with Crippen LogP contribution in [-0.2, 0) is 9.53 Å². The topological polar surface area (TPSA) is 73.8 Å². The molecule has 1 aliphatic rings. The zero-order chi connectivity index (χ0) is 25.4. The lowest BCUT2D eigenvalue weighted by Gasteiger charge is -2.25. The van der Waals surface area contributed by atoms with Crippen LogP contribution in [0.4, 0.5) is 4.39 Å². The Morgan fingerprint density at radius 3 is 2.56 bits per heavy atom. The highest BCUT2D eigenvalue weighted by molar-refractivity contribution is 9.13. The van der Waals surface area contributed by atoms with E-state index in [2.05, 4.69) is 31.9 Å². The van der Waals surface area contributed by atoms with Crippen molar-refractivity contribution in [1.82, 2.24) is 4.57 Å². The molecule has 0 aliphatic carbocycles. The number of fused-ring (bicyclic) bond motifs is 1. The molecule has 1 atom stereocenters. The molecule has 0 fully saturated rings. The fraction of sp³-hybridized carbons (Fsp3) is 0.115. The number of aromatic nitrogens is 1. The minimum Gasteiger partial charge on any atom is -0.463 e. The zero-order valence-electron chi connectivity index (χ0n) is 18.7. The van der Waals surface area contributed by atoms with Crippen LogP contribution in [0.25, 0.3) is 11.8 Å². The first kappa shape index (κ1) is 24.6. The molecule has 0 radical (unpaired) electrons. The van der Waals surface area contributed by atoms with Gasteiger partial charge >= 0.3 is 5.97 Å². The molecule has 6 nitrogen and oxygen atoms in total. The number of nitrogens with zero attached hydrogens (tertiary/aromatic N) is 2. The van der Waals surface area contributed by atoms with Gasteiger partial charge in [-0.15, -0.1) is 0 Å². The van der Waals surface area contributed by atoms with E-state index in [1.165, 1.54) is 28.0 Å². The lowest BCUT2D eigenvalue weighted by molar-refractivity contribution is -0.138. The number of rotatable bonds is 5. The quantitative estimate of drug-likeness (QED) is 0.284. The van der Waals surface area contributed by atoms with Gasteiger partial charge in [-0.3, -0.25) is 9.36 Å². The van der Waals surface area contributed by atoms with Crippen LogP contribution in [0, 0.1) is 5.82 Å². The van der Waals surface area contributed by atoms with E-state index in [4.69, 9.17) is 14.1 Å². The van der Waals surface area contributed by atoms with Crippen molar-refractivity contribution in [2.45, 2.75) is 13.0 Å². The van der Waals surface area contributed by atoms with E-state index in [9.17, 15) is 14.0 Å². The van der Waals surface area contributed by atoms with Crippen LogP contribution >= 0.6 is 43.2 Å². The van der Waals surface area contributed by atoms with Gasteiger partial charge in [0.15, 0.2) is 9.47 Å². The molecule has 3 heterocycles. The molecular weight excluding hydrogens is 615 g/mol. The molecule has 1 aliphatic heterocycles. The first-order valence-electron chi connectivity index (χ1n) is 10.9. The lowest BCUT2D eigenvalue weighted by Crippen LogP contribution is -2.40. The van der Waals surface area contributed by atoms with Crippen molar-refractivity contribution in [3.8, 4) is 0 Å². The molecule has 2 aromatic carbocycles. The molecule has 5 rings (SSSR count). The van der Waals surface area contributed by atoms with Gasteiger partial charge in [-0.2, -0.15) is 0 Å². The Bertz CT molecular complexity index is 1650. The van der Waals surface area contributed by atoms with Crippen LogP contribution < -0.4 is 14.9 Å². The summed E-state index contributed by atoms with van der Waals surface area (Å²) < 4.78 is 27.9. The second kappa shape index (κ2) is 10.1. The molecule has 0 spiro atoms. The molecule has 0 saturated heterocycles. The van der Waals surface area contributed by atoms with E-state index in [0.29, 0.717) is 41.1 Å². The predicted molar refractivity (Wildman–Crippen MR) is 142 cm³/mol. The van der Waals surface area contributed by atoms with E-state index in [1.807, 2.05) is 30.3 Å². The Labute approximate surface area is 225 Å². The first-order valence-corrected chi connectivity index (χ1v) is 13.3. The molecule has 36 heavy (non-hydrogen) atoms. The number of benzene rings is 2. The van der Waals surface area contributed by atoms with E-state index >= 15 is 0 Å². The summed E-state index contributed by atoms with van der Waals surface area (Å²) in [7, 11) is 0.